The monoisotopic (exact) mass is 457 g/mol. The summed E-state index contributed by atoms with van der Waals surface area (Å²) in [6.45, 7) is 1.43. The Morgan fingerprint density at radius 1 is 0.882 bits per heavy atom. The Labute approximate surface area is 196 Å². The molecule has 7 heteroatoms. The van der Waals surface area contributed by atoms with E-state index in [0.717, 1.165) is 0 Å². The Balaban J connectivity index is 1.89. The van der Waals surface area contributed by atoms with Crippen LogP contribution < -0.4 is 0 Å². The second-order valence-electron chi connectivity index (χ2n) is 8.79. The first-order chi connectivity index (χ1) is 16.2. The first kappa shape index (κ1) is 23.2. The van der Waals surface area contributed by atoms with Crippen molar-refractivity contribution in [2.24, 2.45) is 11.8 Å². The zero-order valence-corrected chi connectivity index (χ0v) is 18.5. The van der Waals surface area contributed by atoms with Crippen LogP contribution in [0.1, 0.15) is 45.5 Å². The van der Waals surface area contributed by atoms with Crippen molar-refractivity contribution in [2.45, 2.75) is 24.9 Å². The van der Waals surface area contributed by atoms with E-state index in [-0.39, 0.29) is 12.1 Å². The Kier molecular flexibility index (Phi) is 6.22. The van der Waals surface area contributed by atoms with E-state index in [9.17, 15) is 29.6 Å². The number of carbonyl (C=O) groups is 3. The summed E-state index contributed by atoms with van der Waals surface area (Å²) in [5.41, 5.74) is -0.804. The molecule has 0 unspecified atom stereocenters. The molecule has 0 heterocycles. The summed E-state index contributed by atoms with van der Waals surface area (Å²) in [6.07, 6.45) is -0.358. The number of Topliss-reactive ketones (excluding diaryl/α,β-unsaturated/α-hetero) is 3. The van der Waals surface area contributed by atoms with Gasteiger partial charge in [0.15, 0.2) is 11.6 Å². The van der Waals surface area contributed by atoms with Gasteiger partial charge in [-0.3, -0.25) is 24.5 Å². The molecule has 0 amide bonds. The van der Waals surface area contributed by atoms with Gasteiger partial charge in [-0.2, -0.15) is 0 Å². The molecule has 1 saturated carbocycles. The number of ketones is 3. The standard InChI is InChI=1S/C27H23NO6/c1-27(32)16-21(29)23(25(30)18-8-4-2-5-9-18)22(17-12-14-20(15-13-17)28(33)34)24(27)26(31)19-10-6-3-7-11-19/h2-15,22-24,32H,16H2,1H3/t22-,23+,24+,27-/m0/s1. The highest BCUT2D eigenvalue weighted by atomic mass is 16.6. The number of non-ortho nitro benzene ring substituents is 1. The lowest BCUT2D eigenvalue weighted by atomic mass is 9.58. The van der Waals surface area contributed by atoms with Crippen LogP contribution in [0.5, 0.6) is 0 Å². The Hall–Kier alpha value is -3.97. The van der Waals surface area contributed by atoms with Gasteiger partial charge in [0.05, 0.1) is 22.4 Å². The molecule has 0 saturated heterocycles. The smallest absolute Gasteiger partial charge is 0.269 e. The summed E-state index contributed by atoms with van der Waals surface area (Å²) in [5, 5.41) is 22.5. The van der Waals surface area contributed by atoms with E-state index in [1.807, 2.05) is 0 Å². The van der Waals surface area contributed by atoms with Crippen molar-refractivity contribution < 1.29 is 24.4 Å². The zero-order chi connectivity index (χ0) is 24.5. The molecule has 1 N–H and O–H groups in total. The number of aliphatic hydroxyl groups is 1. The molecule has 0 spiro atoms. The van der Waals surface area contributed by atoms with Crippen molar-refractivity contribution in [2.75, 3.05) is 0 Å². The molecule has 1 fully saturated rings. The third-order valence-corrected chi connectivity index (χ3v) is 6.44. The lowest BCUT2D eigenvalue weighted by molar-refractivity contribution is -0.384. The zero-order valence-electron chi connectivity index (χ0n) is 18.5. The van der Waals surface area contributed by atoms with E-state index < -0.39 is 45.6 Å². The summed E-state index contributed by atoms with van der Waals surface area (Å²) in [5.74, 6) is -4.66. The first-order valence-corrected chi connectivity index (χ1v) is 10.9. The van der Waals surface area contributed by atoms with Crippen molar-refractivity contribution in [1.82, 2.24) is 0 Å². The van der Waals surface area contributed by atoms with Crippen molar-refractivity contribution >= 4 is 23.0 Å². The fourth-order valence-electron chi connectivity index (χ4n) is 4.87. The minimum Gasteiger partial charge on any atom is -0.389 e. The van der Waals surface area contributed by atoms with Crippen LogP contribution in [0.2, 0.25) is 0 Å². The number of nitrogens with zero attached hydrogens (tertiary/aromatic N) is 1. The maximum Gasteiger partial charge on any atom is 0.269 e. The second kappa shape index (κ2) is 9.11. The maximum atomic E-state index is 13.7. The van der Waals surface area contributed by atoms with Crippen molar-refractivity contribution in [1.29, 1.82) is 0 Å². The van der Waals surface area contributed by atoms with Crippen LogP contribution in [0.3, 0.4) is 0 Å². The van der Waals surface area contributed by atoms with E-state index in [4.69, 9.17) is 0 Å². The summed E-state index contributed by atoms with van der Waals surface area (Å²) in [7, 11) is 0. The Bertz CT molecular complexity index is 1240. The normalized spacial score (nSPS) is 24.4. The molecule has 4 rings (SSSR count). The predicted octanol–water partition coefficient (Wildman–Crippen LogP) is 4.40. The van der Waals surface area contributed by atoms with Gasteiger partial charge in [0.1, 0.15) is 5.78 Å². The molecular formula is C27H23NO6. The average Bonchev–Trinajstić information content (AvgIpc) is 2.83. The second-order valence-corrected chi connectivity index (χ2v) is 8.79. The van der Waals surface area contributed by atoms with Crippen molar-refractivity contribution in [3.05, 3.63) is 112 Å². The van der Waals surface area contributed by atoms with E-state index in [2.05, 4.69) is 0 Å². The topological polar surface area (TPSA) is 115 Å². The van der Waals surface area contributed by atoms with E-state index in [1.165, 1.54) is 31.2 Å². The number of benzene rings is 3. The highest BCUT2D eigenvalue weighted by Crippen LogP contribution is 2.48. The third-order valence-electron chi connectivity index (χ3n) is 6.44. The van der Waals surface area contributed by atoms with Crippen LogP contribution in [0, 0.1) is 22.0 Å². The van der Waals surface area contributed by atoms with Gasteiger partial charge in [-0.05, 0) is 12.5 Å². The van der Waals surface area contributed by atoms with Gasteiger partial charge in [0.2, 0.25) is 0 Å². The summed E-state index contributed by atoms with van der Waals surface area (Å²) in [4.78, 5) is 51.2. The average molecular weight is 457 g/mol. The molecule has 0 radical (unpaired) electrons. The molecule has 3 aromatic rings. The van der Waals surface area contributed by atoms with Gasteiger partial charge in [0.25, 0.3) is 5.69 Å². The minimum atomic E-state index is -1.72. The predicted molar refractivity (Wildman–Crippen MR) is 125 cm³/mol. The lowest BCUT2D eigenvalue weighted by Gasteiger charge is -2.44. The van der Waals surface area contributed by atoms with E-state index in [1.54, 1.807) is 60.7 Å². The molecule has 4 atom stereocenters. The molecule has 1 aliphatic carbocycles. The van der Waals surface area contributed by atoms with Crippen LogP contribution in [-0.2, 0) is 4.79 Å². The fraction of sp³-hybridized carbons (Fsp3) is 0.222. The summed E-state index contributed by atoms with van der Waals surface area (Å²) in [6, 6.07) is 22.2. The number of hydrogen-bond acceptors (Lipinski definition) is 6. The molecular weight excluding hydrogens is 434 g/mol. The lowest BCUT2D eigenvalue weighted by Crippen LogP contribution is -2.54. The van der Waals surface area contributed by atoms with E-state index >= 15 is 0 Å². The number of carbonyl (C=O) groups excluding carboxylic acids is 3. The molecule has 7 nitrogen and oxygen atoms in total. The number of nitro benzene ring substituents is 1. The van der Waals surface area contributed by atoms with Crippen molar-refractivity contribution in [3.8, 4) is 0 Å². The van der Waals surface area contributed by atoms with Crippen LogP contribution in [0.4, 0.5) is 5.69 Å². The van der Waals surface area contributed by atoms with Gasteiger partial charge in [0, 0.05) is 35.6 Å². The highest BCUT2D eigenvalue weighted by Gasteiger charge is 2.55. The summed E-state index contributed by atoms with van der Waals surface area (Å²) >= 11 is 0. The Morgan fingerprint density at radius 2 is 1.38 bits per heavy atom. The number of rotatable bonds is 6. The fourth-order valence-corrected chi connectivity index (χ4v) is 4.87. The SMILES string of the molecule is C[C@]1(O)CC(=O)[C@@H](C(=O)c2ccccc2)[C@H](c2ccc([N+](=O)[O-])cc2)[C@@H]1C(=O)c1ccccc1. The highest BCUT2D eigenvalue weighted by molar-refractivity contribution is 6.13. The number of nitro groups is 1. The third kappa shape index (κ3) is 4.30. The first-order valence-electron chi connectivity index (χ1n) is 10.9. The minimum absolute atomic E-state index is 0.158. The largest absolute Gasteiger partial charge is 0.389 e. The molecule has 1 aliphatic rings. The van der Waals surface area contributed by atoms with Crippen molar-refractivity contribution in [3.63, 3.8) is 0 Å². The van der Waals surface area contributed by atoms with E-state index in [0.29, 0.717) is 16.7 Å². The van der Waals surface area contributed by atoms with Crippen LogP contribution >= 0.6 is 0 Å². The van der Waals surface area contributed by atoms with Gasteiger partial charge >= 0.3 is 0 Å². The quantitative estimate of drug-likeness (QED) is 0.254. The van der Waals surface area contributed by atoms with Crippen LogP contribution in [-0.4, -0.2) is 33.0 Å². The van der Waals surface area contributed by atoms with Gasteiger partial charge in [-0.15, -0.1) is 0 Å². The molecule has 0 bridgehead atoms. The molecule has 0 aliphatic heterocycles. The molecule has 172 valence electrons. The van der Waals surface area contributed by atoms with Gasteiger partial charge in [-0.25, -0.2) is 0 Å². The van der Waals surface area contributed by atoms with Gasteiger partial charge in [-0.1, -0.05) is 72.8 Å². The number of hydrogen-bond donors (Lipinski definition) is 1. The Morgan fingerprint density at radius 3 is 1.88 bits per heavy atom. The molecule has 3 aromatic carbocycles. The van der Waals surface area contributed by atoms with Crippen LogP contribution in [0.15, 0.2) is 84.9 Å². The maximum absolute atomic E-state index is 13.7. The van der Waals surface area contributed by atoms with Crippen LogP contribution in [0.25, 0.3) is 0 Å². The molecule has 0 aromatic heterocycles. The van der Waals surface area contributed by atoms with Gasteiger partial charge < -0.3 is 5.11 Å². The summed E-state index contributed by atoms with van der Waals surface area (Å²) < 4.78 is 0. The molecule has 34 heavy (non-hydrogen) atoms.